The Labute approximate surface area is 110 Å². The van der Waals surface area contributed by atoms with E-state index in [9.17, 15) is 0 Å². The predicted molar refractivity (Wildman–Crippen MR) is 79.2 cm³/mol. The molecule has 0 N–H and O–H groups in total. The van der Waals surface area contributed by atoms with E-state index in [4.69, 9.17) is 0 Å². The number of allylic oxidation sites excluding steroid dienone is 2. The van der Waals surface area contributed by atoms with Gasteiger partial charge in [-0.3, -0.25) is 0 Å². The minimum absolute atomic E-state index is 1.17. The van der Waals surface area contributed by atoms with Crippen LogP contribution in [0.15, 0.2) is 5.57 Å². The maximum Gasteiger partial charge on any atom is -0.0277 e. The van der Waals surface area contributed by atoms with Crippen molar-refractivity contribution in [2.75, 3.05) is 0 Å². The van der Waals surface area contributed by atoms with Crippen molar-refractivity contribution >= 4 is 0 Å². The third-order valence-corrected chi connectivity index (χ3v) is 3.26. The van der Waals surface area contributed by atoms with E-state index in [0.717, 1.165) is 0 Å². The molecule has 1 radical (unpaired) electrons. The molecule has 0 aromatic heterocycles. The van der Waals surface area contributed by atoms with Crippen molar-refractivity contribution in [3.63, 3.8) is 0 Å². The van der Waals surface area contributed by atoms with Gasteiger partial charge in [-0.05, 0) is 32.8 Å². The highest BCUT2D eigenvalue weighted by atomic mass is 14.0. The lowest BCUT2D eigenvalue weighted by molar-refractivity contribution is 0.550. The maximum atomic E-state index is 3.39. The highest BCUT2D eigenvalue weighted by Gasteiger charge is 1.92. The van der Waals surface area contributed by atoms with Gasteiger partial charge in [0.05, 0.1) is 0 Å². The molecule has 0 saturated heterocycles. The van der Waals surface area contributed by atoms with Gasteiger partial charge < -0.3 is 0 Å². The standard InChI is InChI=1S/C17H33/c1-4-5-6-7-8-9-10-11-12-13-14-15-16-17(2)3/h4-15H2,1-3H3. The molecule has 17 heavy (non-hydrogen) atoms. The van der Waals surface area contributed by atoms with E-state index in [1.807, 2.05) is 0 Å². The van der Waals surface area contributed by atoms with Gasteiger partial charge in [0, 0.05) is 0 Å². The summed E-state index contributed by atoms with van der Waals surface area (Å²) in [6.07, 6.45) is 20.3. The number of rotatable bonds is 12. The first-order valence-corrected chi connectivity index (χ1v) is 7.81. The van der Waals surface area contributed by atoms with Gasteiger partial charge in [0.1, 0.15) is 0 Å². The molecule has 0 nitrogen and oxygen atoms in total. The molecule has 0 aromatic carbocycles. The Morgan fingerprint density at radius 3 is 1.47 bits per heavy atom. The number of hydrogen-bond donors (Lipinski definition) is 0. The van der Waals surface area contributed by atoms with Crippen molar-refractivity contribution in [1.82, 2.24) is 0 Å². The molecule has 0 amide bonds. The highest BCUT2D eigenvalue weighted by Crippen LogP contribution is 2.12. The Kier molecular flexibility index (Phi) is 13.6. The van der Waals surface area contributed by atoms with Crippen molar-refractivity contribution in [1.29, 1.82) is 0 Å². The summed E-state index contributed by atoms with van der Waals surface area (Å²) in [6.45, 7) is 6.56. The van der Waals surface area contributed by atoms with Crippen LogP contribution in [0, 0.1) is 6.08 Å². The molecule has 0 saturated carbocycles. The Balaban J connectivity index is 2.96. The molecule has 101 valence electrons. The van der Waals surface area contributed by atoms with Gasteiger partial charge >= 0.3 is 0 Å². The lowest BCUT2D eigenvalue weighted by atomic mass is 10.1. The molecule has 0 unspecified atom stereocenters. The first kappa shape index (κ1) is 16.7. The van der Waals surface area contributed by atoms with Gasteiger partial charge in [0.15, 0.2) is 0 Å². The minimum Gasteiger partial charge on any atom is -0.0730 e. The van der Waals surface area contributed by atoms with Gasteiger partial charge in [-0.2, -0.15) is 0 Å². The smallest absolute Gasteiger partial charge is 0.0277 e. The largest absolute Gasteiger partial charge is 0.0730 e. The van der Waals surface area contributed by atoms with Crippen LogP contribution in [0.25, 0.3) is 0 Å². The van der Waals surface area contributed by atoms with Crippen LogP contribution in [0.3, 0.4) is 0 Å². The normalized spacial score (nSPS) is 10.5. The maximum absolute atomic E-state index is 3.39. The lowest BCUT2D eigenvalue weighted by Gasteiger charge is -2.01. The van der Waals surface area contributed by atoms with Gasteiger partial charge in [0.25, 0.3) is 0 Å². The fourth-order valence-electron chi connectivity index (χ4n) is 2.13. The van der Waals surface area contributed by atoms with E-state index in [-0.39, 0.29) is 0 Å². The summed E-state index contributed by atoms with van der Waals surface area (Å²) < 4.78 is 0. The molecule has 0 bridgehead atoms. The zero-order chi connectivity index (χ0) is 12.8. The predicted octanol–water partition coefficient (Wildman–Crippen LogP) is 6.46. The van der Waals surface area contributed by atoms with E-state index in [0.29, 0.717) is 0 Å². The summed E-state index contributed by atoms with van der Waals surface area (Å²) in [6, 6.07) is 0. The summed E-state index contributed by atoms with van der Waals surface area (Å²) in [7, 11) is 0. The van der Waals surface area contributed by atoms with E-state index >= 15 is 0 Å². The average Bonchev–Trinajstić information content (AvgIpc) is 2.30. The second kappa shape index (κ2) is 13.8. The van der Waals surface area contributed by atoms with Crippen LogP contribution in [0.1, 0.15) is 97.8 Å². The summed E-state index contributed by atoms with van der Waals surface area (Å²) in [5, 5.41) is 0. The van der Waals surface area contributed by atoms with Crippen LogP contribution in [-0.4, -0.2) is 0 Å². The minimum atomic E-state index is 1.17. The molecule has 0 rings (SSSR count). The molecule has 0 aliphatic rings. The molecule has 0 heteroatoms. The first-order valence-electron chi connectivity index (χ1n) is 7.81. The van der Waals surface area contributed by atoms with Crippen LogP contribution >= 0.6 is 0 Å². The van der Waals surface area contributed by atoms with Gasteiger partial charge in [-0.25, -0.2) is 0 Å². The molecule has 0 heterocycles. The summed E-state index contributed by atoms with van der Waals surface area (Å²) in [4.78, 5) is 0. The molecule has 0 aliphatic carbocycles. The van der Waals surface area contributed by atoms with Gasteiger partial charge in [0.2, 0.25) is 0 Å². The average molecular weight is 237 g/mol. The van der Waals surface area contributed by atoms with Crippen LogP contribution in [0.5, 0.6) is 0 Å². The Bertz CT molecular complexity index is 163. The zero-order valence-corrected chi connectivity index (χ0v) is 12.5. The van der Waals surface area contributed by atoms with E-state index in [2.05, 4.69) is 26.8 Å². The molecular formula is C17H33. The van der Waals surface area contributed by atoms with Crippen molar-refractivity contribution < 1.29 is 0 Å². The molecule has 0 aromatic rings. The topological polar surface area (TPSA) is 0 Å². The van der Waals surface area contributed by atoms with Crippen LogP contribution < -0.4 is 0 Å². The van der Waals surface area contributed by atoms with Crippen LogP contribution in [0.2, 0.25) is 0 Å². The second-order valence-electron chi connectivity index (χ2n) is 5.46. The SMILES string of the molecule is CCCCCCCCCCCCC[C]=C(C)C. The Morgan fingerprint density at radius 1 is 0.647 bits per heavy atom. The van der Waals surface area contributed by atoms with Crippen molar-refractivity contribution in [3.8, 4) is 0 Å². The molecule has 0 fully saturated rings. The molecular weight excluding hydrogens is 204 g/mol. The van der Waals surface area contributed by atoms with Crippen molar-refractivity contribution in [2.45, 2.75) is 97.8 Å². The van der Waals surface area contributed by atoms with Crippen LogP contribution in [0.4, 0.5) is 0 Å². The Morgan fingerprint density at radius 2 is 1.06 bits per heavy atom. The van der Waals surface area contributed by atoms with Gasteiger partial charge in [-0.1, -0.05) is 76.7 Å². The fourth-order valence-corrected chi connectivity index (χ4v) is 2.13. The summed E-state index contributed by atoms with van der Waals surface area (Å²) >= 11 is 0. The van der Waals surface area contributed by atoms with Crippen molar-refractivity contribution in [2.24, 2.45) is 0 Å². The lowest BCUT2D eigenvalue weighted by Crippen LogP contribution is -1.82. The molecule has 0 spiro atoms. The second-order valence-corrected chi connectivity index (χ2v) is 5.46. The Hall–Kier alpha value is -0.260. The fraction of sp³-hybridized carbons (Fsp3) is 0.882. The molecule has 0 atom stereocenters. The van der Waals surface area contributed by atoms with Crippen molar-refractivity contribution in [3.05, 3.63) is 11.6 Å². The third-order valence-electron chi connectivity index (χ3n) is 3.26. The van der Waals surface area contributed by atoms with Crippen LogP contribution in [-0.2, 0) is 0 Å². The highest BCUT2D eigenvalue weighted by molar-refractivity contribution is 4.85. The first-order chi connectivity index (χ1) is 8.27. The summed E-state index contributed by atoms with van der Waals surface area (Å²) in [5.74, 6) is 0. The molecule has 0 aliphatic heterocycles. The number of unbranched alkanes of at least 4 members (excludes halogenated alkanes) is 11. The third kappa shape index (κ3) is 15.7. The van der Waals surface area contributed by atoms with E-state index in [1.165, 1.54) is 82.6 Å². The van der Waals surface area contributed by atoms with E-state index < -0.39 is 0 Å². The van der Waals surface area contributed by atoms with Gasteiger partial charge in [-0.15, -0.1) is 0 Å². The number of hydrogen-bond acceptors (Lipinski definition) is 0. The quantitative estimate of drug-likeness (QED) is 0.342. The summed E-state index contributed by atoms with van der Waals surface area (Å²) in [5.41, 5.74) is 1.34. The zero-order valence-electron chi connectivity index (χ0n) is 12.5. The monoisotopic (exact) mass is 237 g/mol. The van der Waals surface area contributed by atoms with E-state index in [1.54, 1.807) is 0 Å².